The van der Waals surface area contributed by atoms with Crippen molar-refractivity contribution in [2.75, 3.05) is 46.0 Å². The van der Waals surface area contributed by atoms with Crippen molar-refractivity contribution in [3.63, 3.8) is 0 Å². The van der Waals surface area contributed by atoms with E-state index in [1.807, 2.05) is 30.3 Å². The molecule has 1 aliphatic rings. The van der Waals surface area contributed by atoms with Crippen molar-refractivity contribution in [2.45, 2.75) is 25.9 Å². The normalized spacial score (nSPS) is 15.3. The molecule has 1 N–H and O–H groups in total. The Morgan fingerprint density at radius 3 is 2.65 bits per heavy atom. The van der Waals surface area contributed by atoms with E-state index in [2.05, 4.69) is 21.7 Å². The van der Waals surface area contributed by atoms with Crippen LogP contribution in [-0.2, 0) is 25.5 Å². The van der Waals surface area contributed by atoms with Crippen LogP contribution in [0.4, 0.5) is 0 Å². The van der Waals surface area contributed by atoms with Crippen LogP contribution in [0.5, 0.6) is 5.75 Å². The first-order chi connectivity index (χ1) is 15.1. The first-order valence-electron chi connectivity index (χ1n) is 10.7. The Labute approximate surface area is 187 Å². The number of esters is 1. The third-order valence-electron chi connectivity index (χ3n) is 4.97. The minimum absolute atomic E-state index is 0.0124. The summed E-state index contributed by atoms with van der Waals surface area (Å²) in [6.45, 7) is 6.39. The molecule has 7 nitrogen and oxygen atoms in total. The van der Waals surface area contributed by atoms with E-state index in [0.29, 0.717) is 6.61 Å². The van der Waals surface area contributed by atoms with Gasteiger partial charge in [0.25, 0.3) is 0 Å². The fourth-order valence-electron chi connectivity index (χ4n) is 3.34. The number of morpholine rings is 1. The topological polar surface area (TPSA) is 77.1 Å². The summed E-state index contributed by atoms with van der Waals surface area (Å²) in [6.07, 6.45) is 1.09. The largest absolute Gasteiger partial charge is 0.485 e. The molecule has 0 bridgehead atoms. The van der Waals surface area contributed by atoms with Gasteiger partial charge in [0.1, 0.15) is 18.4 Å². The molecule has 1 saturated heterocycles. The van der Waals surface area contributed by atoms with Gasteiger partial charge in [0, 0.05) is 30.9 Å². The van der Waals surface area contributed by atoms with Crippen LogP contribution in [0.15, 0.2) is 41.8 Å². The smallest absolute Gasteiger partial charge is 0.325 e. The molecular weight excluding hydrogens is 416 g/mol. The molecule has 3 rings (SSSR count). The van der Waals surface area contributed by atoms with Crippen LogP contribution in [-0.4, -0.2) is 62.8 Å². The molecule has 0 saturated carbocycles. The van der Waals surface area contributed by atoms with E-state index < -0.39 is 5.97 Å². The summed E-state index contributed by atoms with van der Waals surface area (Å²) < 4.78 is 16.5. The quantitative estimate of drug-likeness (QED) is 0.535. The predicted octanol–water partition coefficient (Wildman–Crippen LogP) is 2.81. The molecule has 168 valence electrons. The minimum atomic E-state index is -0.434. The minimum Gasteiger partial charge on any atom is -0.485 e. The zero-order chi connectivity index (χ0) is 21.9. The molecule has 0 radical (unpaired) electrons. The summed E-state index contributed by atoms with van der Waals surface area (Å²) in [4.78, 5) is 27.0. The molecule has 2 aromatic rings. The van der Waals surface area contributed by atoms with Gasteiger partial charge in [-0.3, -0.25) is 14.5 Å². The fraction of sp³-hybridized carbons (Fsp3) is 0.478. The second kappa shape index (κ2) is 12.4. The van der Waals surface area contributed by atoms with Crippen LogP contribution in [0.2, 0.25) is 0 Å². The van der Waals surface area contributed by atoms with E-state index in [0.717, 1.165) is 50.6 Å². The first kappa shape index (κ1) is 23.2. The standard InChI is InChI=1S/C23H30N2O5S/c1-2-29-23(27)17-24-22(26)16-18-5-7-19(8-6-18)30-20(21-4-3-15-31-21)9-10-25-11-13-28-14-12-25/h3-8,15,20H,2,9-14,16-17H2,1H3,(H,24,26). The molecule has 0 aliphatic carbocycles. The van der Waals surface area contributed by atoms with E-state index in [4.69, 9.17) is 14.2 Å². The first-order valence-corrected chi connectivity index (χ1v) is 11.5. The molecular formula is C23H30N2O5S. The number of hydrogen-bond donors (Lipinski definition) is 1. The van der Waals surface area contributed by atoms with E-state index in [-0.39, 0.29) is 25.0 Å². The Morgan fingerprint density at radius 1 is 1.19 bits per heavy atom. The number of nitrogens with zero attached hydrogens (tertiary/aromatic N) is 1. The highest BCUT2D eigenvalue weighted by atomic mass is 32.1. The van der Waals surface area contributed by atoms with Gasteiger partial charge in [-0.15, -0.1) is 11.3 Å². The lowest BCUT2D eigenvalue weighted by Gasteiger charge is -2.28. The summed E-state index contributed by atoms with van der Waals surface area (Å²) in [6, 6.07) is 11.7. The number of benzene rings is 1. The highest BCUT2D eigenvalue weighted by molar-refractivity contribution is 7.10. The molecule has 1 aromatic heterocycles. The number of thiophene rings is 1. The maximum atomic E-state index is 12.0. The lowest BCUT2D eigenvalue weighted by atomic mass is 10.1. The van der Waals surface area contributed by atoms with Crippen LogP contribution in [0.1, 0.15) is 29.9 Å². The summed E-state index contributed by atoms with van der Waals surface area (Å²) in [5.41, 5.74) is 0.856. The lowest BCUT2D eigenvalue weighted by Crippen LogP contribution is -2.37. The maximum Gasteiger partial charge on any atom is 0.325 e. The van der Waals surface area contributed by atoms with Crippen molar-refractivity contribution in [1.29, 1.82) is 0 Å². The predicted molar refractivity (Wildman–Crippen MR) is 119 cm³/mol. The lowest BCUT2D eigenvalue weighted by molar-refractivity contribution is -0.143. The Morgan fingerprint density at radius 2 is 1.97 bits per heavy atom. The number of carbonyl (C=O) groups excluding carboxylic acids is 2. The second-order valence-electron chi connectivity index (χ2n) is 7.27. The van der Waals surface area contributed by atoms with Crippen LogP contribution >= 0.6 is 11.3 Å². The van der Waals surface area contributed by atoms with Crippen molar-refractivity contribution >= 4 is 23.2 Å². The van der Waals surface area contributed by atoms with Gasteiger partial charge in [-0.1, -0.05) is 18.2 Å². The third-order valence-corrected chi connectivity index (χ3v) is 5.94. The molecule has 1 atom stereocenters. The molecule has 1 aromatic carbocycles. The average Bonchev–Trinajstić information content (AvgIpc) is 3.32. The molecule has 1 fully saturated rings. The van der Waals surface area contributed by atoms with Crippen LogP contribution < -0.4 is 10.1 Å². The van der Waals surface area contributed by atoms with E-state index in [1.165, 1.54) is 4.88 Å². The summed E-state index contributed by atoms with van der Waals surface area (Å²) in [5.74, 6) is 0.121. The number of rotatable bonds is 11. The van der Waals surface area contributed by atoms with Crippen LogP contribution in [0.25, 0.3) is 0 Å². The van der Waals surface area contributed by atoms with Gasteiger partial charge in [0.2, 0.25) is 5.91 Å². The van der Waals surface area contributed by atoms with Gasteiger partial charge in [0.05, 0.1) is 26.2 Å². The van der Waals surface area contributed by atoms with Crippen molar-refractivity contribution in [3.05, 3.63) is 52.2 Å². The van der Waals surface area contributed by atoms with Gasteiger partial charge < -0.3 is 19.5 Å². The van der Waals surface area contributed by atoms with Gasteiger partial charge in [-0.2, -0.15) is 0 Å². The third kappa shape index (κ3) is 7.97. The van der Waals surface area contributed by atoms with Crippen LogP contribution in [0, 0.1) is 0 Å². The number of nitrogens with one attached hydrogen (secondary N) is 1. The van der Waals surface area contributed by atoms with Crippen LogP contribution in [0.3, 0.4) is 0 Å². The van der Waals surface area contributed by atoms with E-state index in [1.54, 1.807) is 18.3 Å². The van der Waals surface area contributed by atoms with E-state index >= 15 is 0 Å². The molecule has 1 unspecified atom stereocenters. The monoisotopic (exact) mass is 446 g/mol. The summed E-state index contributed by atoms with van der Waals surface area (Å²) in [7, 11) is 0. The molecule has 8 heteroatoms. The maximum absolute atomic E-state index is 12.0. The van der Waals surface area contributed by atoms with E-state index in [9.17, 15) is 9.59 Å². The van der Waals surface area contributed by atoms with Gasteiger partial charge in [0.15, 0.2) is 0 Å². The SMILES string of the molecule is CCOC(=O)CNC(=O)Cc1ccc(OC(CCN2CCOCC2)c2cccs2)cc1. The number of hydrogen-bond acceptors (Lipinski definition) is 7. The highest BCUT2D eigenvalue weighted by Crippen LogP contribution is 2.28. The van der Waals surface area contributed by atoms with Crippen molar-refractivity contribution in [2.24, 2.45) is 0 Å². The molecule has 2 heterocycles. The number of amides is 1. The van der Waals surface area contributed by atoms with Gasteiger partial charge in [-0.05, 0) is 36.1 Å². The number of ether oxygens (including phenoxy) is 3. The highest BCUT2D eigenvalue weighted by Gasteiger charge is 2.18. The Hall–Kier alpha value is -2.42. The Balaban J connectivity index is 1.51. The molecule has 1 aliphatic heterocycles. The molecule has 0 spiro atoms. The summed E-state index contributed by atoms with van der Waals surface area (Å²) in [5, 5.41) is 4.64. The van der Waals surface area contributed by atoms with Gasteiger partial charge >= 0.3 is 5.97 Å². The second-order valence-corrected chi connectivity index (χ2v) is 8.25. The van der Waals surface area contributed by atoms with Gasteiger partial charge in [-0.25, -0.2) is 0 Å². The number of carbonyl (C=O) groups is 2. The zero-order valence-electron chi connectivity index (χ0n) is 17.9. The Kier molecular flexibility index (Phi) is 9.33. The Bertz CT molecular complexity index is 804. The van der Waals surface area contributed by atoms with Crippen molar-refractivity contribution in [1.82, 2.24) is 10.2 Å². The van der Waals surface area contributed by atoms with Crippen molar-refractivity contribution in [3.8, 4) is 5.75 Å². The molecule has 31 heavy (non-hydrogen) atoms. The zero-order valence-corrected chi connectivity index (χ0v) is 18.7. The van der Waals surface area contributed by atoms with Crippen molar-refractivity contribution < 1.29 is 23.8 Å². The fourth-order valence-corrected chi connectivity index (χ4v) is 4.13. The summed E-state index contributed by atoms with van der Waals surface area (Å²) >= 11 is 1.70. The molecule has 1 amide bonds. The average molecular weight is 447 g/mol.